The third kappa shape index (κ3) is 4.71. The number of aryl methyl sites for hydroxylation is 1. The first-order valence-corrected chi connectivity index (χ1v) is 9.62. The Morgan fingerprint density at radius 3 is 2.82 bits per heavy atom. The number of ether oxygens (including phenoxy) is 1. The molecule has 0 aliphatic carbocycles. The Labute approximate surface area is 171 Å². The van der Waals surface area contributed by atoms with Gasteiger partial charge in [-0.2, -0.15) is 0 Å². The zero-order chi connectivity index (χ0) is 20.1. The molecule has 0 bridgehead atoms. The van der Waals surface area contributed by atoms with Crippen molar-refractivity contribution in [2.75, 3.05) is 18.2 Å². The summed E-state index contributed by atoms with van der Waals surface area (Å²) in [7, 11) is 1.31. The fourth-order valence-electron chi connectivity index (χ4n) is 2.44. The van der Waals surface area contributed by atoms with E-state index < -0.39 is 5.97 Å². The molecular weight excluding hydrogens is 400 g/mol. The van der Waals surface area contributed by atoms with E-state index in [-0.39, 0.29) is 11.7 Å². The van der Waals surface area contributed by atoms with E-state index in [1.165, 1.54) is 18.9 Å². The predicted octanol–water partition coefficient (Wildman–Crippen LogP) is 3.75. The average Bonchev–Trinajstić information content (AvgIpc) is 3.16. The van der Waals surface area contributed by atoms with Gasteiger partial charge in [0.05, 0.1) is 24.1 Å². The molecule has 0 atom stereocenters. The van der Waals surface area contributed by atoms with Crippen molar-refractivity contribution >= 4 is 40.9 Å². The minimum absolute atomic E-state index is 0.126. The maximum atomic E-state index is 12.4. The van der Waals surface area contributed by atoms with E-state index in [0.717, 1.165) is 11.3 Å². The number of esters is 1. The Hall–Kier alpha value is -2.84. The third-order valence-corrected chi connectivity index (χ3v) is 5.05. The van der Waals surface area contributed by atoms with Crippen LogP contribution < -0.4 is 5.32 Å². The van der Waals surface area contributed by atoms with Gasteiger partial charge in [0.25, 0.3) is 0 Å². The number of aromatic nitrogens is 3. The fourth-order valence-corrected chi connectivity index (χ4v) is 3.36. The number of methoxy groups -OCH3 is 1. The first-order chi connectivity index (χ1) is 13.5. The van der Waals surface area contributed by atoms with Gasteiger partial charge < -0.3 is 10.1 Å². The lowest BCUT2D eigenvalue weighted by atomic mass is 10.1. The number of amides is 1. The molecule has 0 unspecified atom stereocenters. The Kier molecular flexibility index (Phi) is 6.33. The van der Waals surface area contributed by atoms with Crippen LogP contribution in [0.2, 0.25) is 5.02 Å². The van der Waals surface area contributed by atoms with Crippen molar-refractivity contribution in [2.24, 2.45) is 0 Å². The molecule has 3 rings (SSSR count). The van der Waals surface area contributed by atoms with Gasteiger partial charge in [0, 0.05) is 10.7 Å². The molecule has 1 N–H and O–H groups in total. The Balaban J connectivity index is 1.68. The van der Waals surface area contributed by atoms with E-state index in [4.69, 9.17) is 16.3 Å². The van der Waals surface area contributed by atoms with E-state index in [1.807, 2.05) is 19.1 Å². The van der Waals surface area contributed by atoms with Crippen molar-refractivity contribution < 1.29 is 14.3 Å². The molecule has 144 valence electrons. The minimum Gasteiger partial charge on any atom is -0.465 e. The summed E-state index contributed by atoms with van der Waals surface area (Å²) in [6, 6.07) is 12.3. The number of rotatable bonds is 6. The predicted molar refractivity (Wildman–Crippen MR) is 108 cm³/mol. The standard InChI is InChI=1S/C19H17ClN4O3S/c1-12-6-7-13(18(26)27-2)8-16(12)22-17(25)10-28-19-23-21-11-24(19)15-5-3-4-14(20)9-15/h3-9,11H,10H2,1-2H3,(H,22,25). The zero-order valence-electron chi connectivity index (χ0n) is 15.2. The fraction of sp³-hybridized carbons (Fsp3) is 0.158. The Morgan fingerprint density at radius 1 is 1.25 bits per heavy atom. The average molecular weight is 417 g/mol. The first kappa shape index (κ1) is 19.9. The summed E-state index contributed by atoms with van der Waals surface area (Å²) in [6.45, 7) is 1.85. The van der Waals surface area contributed by atoms with Gasteiger partial charge in [-0.25, -0.2) is 4.79 Å². The topological polar surface area (TPSA) is 86.1 Å². The molecule has 2 aromatic carbocycles. The maximum Gasteiger partial charge on any atom is 0.337 e. The second kappa shape index (κ2) is 8.90. The SMILES string of the molecule is COC(=O)c1ccc(C)c(NC(=O)CSc2nncn2-c2cccc(Cl)c2)c1. The van der Waals surface area contributed by atoms with Crippen LogP contribution in [0.15, 0.2) is 53.9 Å². The van der Waals surface area contributed by atoms with Crippen molar-refractivity contribution in [1.82, 2.24) is 14.8 Å². The summed E-state index contributed by atoms with van der Waals surface area (Å²) in [4.78, 5) is 24.1. The van der Waals surface area contributed by atoms with Gasteiger partial charge in [0.15, 0.2) is 5.16 Å². The lowest BCUT2D eigenvalue weighted by Crippen LogP contribution is -2.16. The van der Waals surface area contributed by atoms with Crippen molar-refractivity contribution in [3.05, 3.63) is 64.9 Å². The summed E-state index contributed by atoms with van der Waals surface area (Å²) in [5.74, 6) is -0.559. The van der Waals surface area contributed by atoms with Gasteiger partial charge >= 0.3 is 5.97 Å². The van der Waals surface area contributed by atoms with Gasteiger partial charge in [-0.3, -0.25) is 9.36 Å². The number of hydrogen-bond donors (Lipinski definition) is 1. The number of hydrogen-bond acceptors (Lipinski definition) is 6. The molecule has 7 nitrogen and oxygen atoms in total. The molecule has 0 saturated carbocycles. The molecule has 0 aliphatic rings. The number of nitrogens with one attached hydrogen (secondary N) is 1. The number of nitrogens with zero attached hydrogens (tertiary/aromatic N) is 3. The second-order valence-electron chi connectivity index (χ2n) is 5.82. The molecule has 0 saturated heterocycles. The van der Waals surface area contributed by atoms with Crippen LogP contribution in [0.1, 0.15) is 15.9 Å². The van der Waals surface area contributed by atoms with Crippen LogP contribution >= 0.6 is 23.4 Å². The summed E-state index contributed by atoms with van der Waals surface area (Å²) in [5.41, 5.74) is 2.58. The number of thioether (sulfide) groups is 1. The van der Waals surface area contributed by atoms with E-state index in [1.54, 1.807) is 41.2 Å². The monoisotopic (exact) mass is 416 g/mol. The quantitative estimate of drug-likeness (QED) is 0.486. The second-order valence-corrected chi connectivity index (χ2v) is 7.20. The number of carbonyl (C=O) groups excluding carboxylic acids is 2. The highest BCUT2D eigenvalue weighted by atomic mass is 35.5. The number of benzene rings is 2. The minimum atomic E-state index is -0.459. The number of carbonyl (C=O) groups is 2. The van der Waals surface area contributed by atoms with Gasteiger partial charge in [-0.05, 0) is 42.8 Å². The van der Waals surface area contributed by atoms with Gasteiger partial charge in [-0.1, -0.05) is 35.5 Å². The van der Waals surface area contributed by atoms with Crippen LogP contribution in [0.4, 0.5) is 5.69 Å². The molecule has 9 heteroatoms. The van der Waals surface area contributed by atoms with Crippen molar-refractivity contribution in [1.29, 1.82) is 0 Å². The Bertz CT molecular complexity index is 1020. The van der Waals surface area contributed by atoms with Crippen LogP contribution in [-0.2, 0) is 9.53 Å². The number of anilines is 1. The van der Waals surface area contributed by atoms with Gasteiger partial charge in [0.1, 0.15) is 6.33 Å². The third-order valence-electron chi connectivity index (χ3n) is 3.87. The van der Waals surface area contributed by atoms with E-state index in [2.05, 4.69) is 15.5 Å². The van der Waals surface area contributed by atoms with Crippen LogP contribution in [0.3, 0.4) is 0 Å². The van der Waals surface area contributed by atoms with Crippen LogP contribution in [0, 0.1) is 6.92 Å². The molecule has 28 heavy (non-hydrogen) atoms. The molecule has 0 radical (unpaired) electrons. The highest BCUT2D eigenvalue weighted by Gasteiger charge is 2.13. The van der Waals surface area contributed by atoms with Crippen LogP contribution in [-0.4, -0.2) is 39.5 Å². The smallest absolute Gasteiger partial charge is 0.337 e. The van der Waals surface area contributed by atoms with Crippen LogP contribution in [0.25, 0.3) is 5.69 Å². The zero-order valence-corrected chi connectivity index (χ0v) is 16.8. The van der Waals surface area contributed by atoms with E-state index >= 15 is 0 Å². The largest absolute Gasteiger partial charge is 0.465 e. The van der Waals surface area contributed by atoms with E-state index in [9.17, 15) is 9.59 Å². The molecule has 0 fully saturated rings. The Morgan fingerprint density at radius 2 is 2.07 bits per heavy atom. The molecular formula is C19H17ClN4O3S. The summed E-state index contributed by atoms with van der Waals surface area (Å²) >= 11 is 7.28. The highest BCUT2D eigenvalue weighted by Crippen LogP contribution is 2.23. The first-order valence-electron chi connectivity index (χ1n) is 8.25. The molecule has 1 amide bonds. The van der Waals surface area contributed by atoms with Crippen LogP contribution in [0.5, 0.6) is 0 Å². The lowest BCUT2D eigenvalue weighted by Gasteiger charge is -2.10. The molecule has 3 aromatic rings. The van der Waals surface area contributed by atoms with Crippen molar-refractivity contribution in [3.8, 4) is 5.69 Å². The highest BCUT2D eigenvalue weighted by molar-refractivity contribution is 7.99. The van der Waals surface area contributed by atoms with Crippen molar-refractivity contribution in [2.45, 2.75) is 12.1 Å². The summed E-state index contributed by atoms with van der Waals surface area (Å²) in [5, 5.41) is 11.9. The lowest BCUT2D eigenvalue weighted by molar-refractivity contribution is -0.113. The maximum absolute atomic E-state index is 12.4. The molecule has 0 aliphatic heterocycles. The number of halogens is 1. The summed E-state index contributed by atoms with van der Waals surface area (Å²) in [6.07, 6.45) is 1.57. The molecule has 0 spiro atoms. The normalized spacial score (nSPS) is 10.5. The summed E-state index contributed by atoms with van der Waals surface area (Å²) < 4.78 is 6.47. The van der Waals surface area contributed by atoms with Gasteiger partial charge in [0.2, 0.25) is 5.91 Å². The van der Waals surface area contributed by atoms with Gasteiger partial charge in [-0.15, -0.1) is 10.2 Å². The molecule has 1 aromatic heterocycles. The van der Waals surface area contributed by atoms with Crippen molar-refractivity contribution in [3.63, 3.8) is 0 Å². The van der Waals surface area contributed by atoms with E-state index in [0.29, 0.717) is 21.4 Å². The molecule has 1 heterocycles.